The van der Waals surface area contributed by atoms with Crippen molar-refractivity contribution in [3.8, 4) is 0 Å². The van der Waals surface area contributed by atoms with E-state index >= 15 is 0 Å². The molecule has 0 aliphatic heterocycles. The van der Waals surface area contributed by atoms with Crippen LogP contribution < -0.4 is 0 Å². The maximum absolute atomic E-state index is 11.9. The van der Waals surface area contributed by atoms with Crippen molar-refractivity contribution in [3.05, 3.63) is 0 Å². The Labute approximate surface area is 85.5 Å². The summed E-state index contributed by atoms with van der Waals surface area (Å²) >= 11 is 0. The van der Waals surface area contributed by atoms with E-state index in [1.807, 2.05) is 0 Å². The molecule has 0 radical (unpaired) electrons. The molecule has 0 amide bonds. The molecular formula is C9H19O4P. The summed E-state index contributed by atoms with van der Waals surface area (Å²) in [6.45, 7) is 4.27. The summed E-state index contributed by atoms with van der Waals surface area (Å²) < 4.78 is 27.4. The normalized spacial score (nSPS) is 19.0. The first-order chi connectivity index (χ1) is 6.70. The summed E-state index contributed by atoms with van der Waals surface area (Å²) in [5.41, 5.74) is 0. The van der Waals surface area contributed by atoms with Gasteiger partial charge in [-0.2, -0.15) is 0 Å². The van der Waals surface area contributed by atoms with Gasteiger partial charge in [-0.15, -0.1) is 0 Å². The molecule has 4 nitrogen and oxygen atoms in total. The first-order valence-corrected chi connectivity index (χ1v) is 6.73. The maximum Gasteiger partial charge on any atom is 0.475 e. The second-order valence-electron chi connectivity index (χ2n) is 3.29. The zero-order valence-corrected chi connectivity index (χ0v) is 9.79. The second kappa shape index (κ2) is 5.86. The van der Waals surface area contributed by atoms with Crippen LogP contribution in [0.4, 0.5) is 0 Å². The van der Waals surface area contributed by atoms with E-state index in [2.05, 4.69) is 0 Å². The van der Waals surface area contributed by atoms with Crippen LogP contribution in [0.5, 0.6) is 0 Å². The number of hydrogen-bond donors (Lipinski definition) is 0. The molecule has 1 fully saturated rings. The van der Waals surface area contributed by atoms with Gasteiger partial charge in [0.2, 0.25) is 0 Å². The van der Waals surface area contributed by atoms with Crippen molar-refractivity contribution in [2.24, 2.45) is 0 Å². The molecule has 0 unspecified atom stereocenters. The minimum atomic E-state index is -3.27. The van der Waals surface area contributed by atoms with Crippen molar-refractivity contribution in [3.63, 3.8) is 0 Å². The average Bonchev–Trinajstić information content (AvgIpc) is 2.57. The smallest absolute Gasteiger partial charge is 0.287 e. The lowest BCUT2D eigenvalue weighted by atomic mass is 10.3. The van der Waals surface area contributed by atoms with Gasteiger partial charge in [0.15, 0.2) is 0 Å². The second-order valence-corrected chi connectivity index (χ2v) is 4.92. The molecule has 0 spiro atoms. The van der Waals surface area contributed by atoms with Crippen molar-refractivity contribution in [1.82, 2.24) is 0 Å². The van der Waals surface area contributed by atoms with Crippen molar-refractivity contribution >= 4 is 7.82 Å². The average molecular weight is 222 g/mol. The van der Waals surface area contributed by atoms with Crippen LogP contribution in [0.2, 0.25) is 0 Å². The monoisotopic (exact) mass is 222 g/mol. The Morgan fingerprint density at radius 1 is 1.14 bits per heavy atom. The fraction of sp³-hybridized carbons (Fsp3) is 1.00. The van der Waals surface area contributed by atoms with Crippen LogP contribution in [0, 0.1) is 0 Å². The van der Waals surface area contributed by atoms with E-state index in [0.717, 1.165) is 25.7 Å². The van der Waals surface area contributed by atoms with Crippen LogP contribution in [0.25, 0.3) is 0 Å². The number of rotatable bonds is 6. The van der Waals surface area contributed by atoms with Gasteiger partial charge in [-0.3, -0.25) is 13.6 Å². The van der Waals surface area contributed by atoms with Crippen LogP contribution in [-0.2, 0) is 18.1 Å². The van der Waals surface area contributed by atoms with Crippen molar-refractivity contribution in [2.45, 2.75) is 45.6 Å². The minimum absolute atomic E-state index is 0.0546. The van der Waals surface area contributed by atoms with Gasteiger partial charge in [-0.1, -0.05) is 12.8 Å². The van der Waals surface area contributed by atoms with Gasteiger partial charge in [0, 0.05) is 0 Å². The summed E-state index contributed by atoms with van der Waals surface area (Å²) in [5, 5.41) is 0. The highest BCUT2D eigenvalue weighted by molar-refractivity contribution is 7.48. The van der Waals surface area contributed by atoms with E-state index in [1.165, 1.54) is 0 Å². The highest BCUT2D eigenvalue weighted by atomic mass is 31.2. The van der Waals surface area contributed by atoms with E-state index in [-0.39, 0.29) is 6.10 Å². The summed E-state index contributed by atoms with van der Waals surface area (Å²) in [6.07, 6.45) is 4.26. The van der Waals surface area contributed by atoms with Crippen LogP contribution in [0.15, 0.2) is 0 Å². The summed E-state index contributed by atoms with van der Waals surface area (Å²) in [6, 6.07) is 0. The Balaban J connectivity index is 2.44. The quantitative estimate of drug-likeness (QED) is 0.647. The molecule has 0 N–H and O–H groups in total. The first-order valence-electron chi connectivity index (χ1n) is 5.27. The molecule has 1 rings (SSSR count). The molecular weight excluding hydrogens is 203 g/mol. The van der Waals surface area contributed by atoms with Crippen LogP contribution in [0.3, 0.4) is 0 Å². The minimum Gasteiger partial charge on any atom is -0.287 e. The summed E-state index contributed by atoms with van der Waals surface area (Å²) in [7, 11) is -3.27. The highest BCUT2D eigenvalue weighted by Crippen LogP contribution is 2.52. The van der Waals surface area contributed by atoms with Gasteiger partial charge in [-0.25, -0.2) is 4.57 Å². The van der Waals surface area contributed by atoms with Gasteiger partial charge in [0.25, 0.3) is 0 Å². The van der Waals surface area contributed by atoms with Gasteiger partial charge in [-0.05, 0) is 26.7 Å². The zero-order valence-electron chi connectivity index (χ0n) is 8.90. The van der Waals surface area contributed by atoms with E-state index in [0.29, 0.717) is 13.2 Å². The van der Waals surface area contributed by atoms with Crippen molar-refractivity contribution < 1.29 is 18.1 Å². The SMILES string of the molecule is CCOP(=O)(OCC)OC1CCCC1. The third-order valence-corrected chi connectivity index (χ3v) is 3.86. The van der Waals surface area contributed by atoms with Crippen LogP contribution in [-0.4, -0.2) is 19.3 Å². The molecule has 0 aromatic rings. The largest absolute Gasteiger partial charge is 0.475 e. The molecule has 0 bridgehead atoms. The third-order valence-electron chi connectivity index (χ3n) is 2.15. The maximum atomic E-state index is 11.9. The van der Waals surface area contributed by atoms with Gasteiger partial charge in [0.1, 0.15) is 0 Å². The predicted octanol–water partition coefficient (Wildman–Crippen LogP) is 3.13. The molecule has 0 aromatic heterocycles. The van der Waals surface area contributed by atoms with E-state index in [4.69, 9.17) is 13.6 Å². The van der Waals surface area contributed by atoms with E-state index in [1.54, 1.807) is 13.8 Å². The lowest BCUT2D eigenvalue weighted by Gasteiger charge is -2.19. The molecule has 84 valence electrons. The third kappa shape index (κ3) is 3.70. The molecule has 0 atom stereocenters. The molecule has 1 saturated carbocycles. The number of phosphoric ester groups is 1. The molecule has 0 saturated heterocycles. The van der Waals surface area contributed by atoms with Crippen molar-refractivity contribution in [1.29, 1.82) is 0 Å². The Hall–Kier alpha value is 0.110. The molecule has 0 aromatic carbocycles. The molecule has 5 heteroatoms. The van der Waals surface area contributed by atoms with E-state index in [9.17, 15) is 4.57 Å². The van der Waals surface area contributed by atoms with Crippen LogP contribution >= 0.6 is 7.82 Å². The van der Waals surface area contributed by atoms with Crippen molar-refractivity contribution in [2.75, 3.05) is 13.2 Å². The fourth-order valence-corrected chi connectivity index (χ4v) is 3.00. The topological polar surface area (TPSA) is 44.8 Å². The Morgan fingerprint density at radius 3 is 2.07 bits per heavy atom. The number of hydrogen-bond acceptors (Lipinski definition) is 4. The fourth-order valence-electron chi connectivity index (χ4n) is 1.59. The molecule has 1 aliphatic carbocycles. The molecule has 0 heterocycles. The van der Waals surface area contributed by atoms with Gasteiger partial charge >= 0.3 is 7.82 Å². The first kappa shape index (κ1) is 12.2. The lowest BCUT2D eigenvalue weighted by molar-refractivity contribution is 0.0864. The zero-order chi connectivity index (χ0) is 10.4. The molecule has 14 heavy (non-hydrogen) atoms. The summed E-state index contributed by atoms with van der Waals surface area (Å²) in [5.74, 6) is 0. The van der Waals surface area contributed by atoms with E-state index < -0.39 is 7.82 Å². The summed E-state index contributed by atoms with van der Waals surface area (Å²) in [4.78, 5) is 0. The van der Waals surface area contributed by atoms with Crippen LogP contribution in [0.1, 0.15) is 39.5 Å². The molecule has 1 aliphatic rings. The predicted molar refractivity (Wildman–Crippen MR) is 54.2 cm³/mol. The Kier molecular flexibility index (Phi) is 5.10. The standard InChI is InChI=1S/C9H19O4P/c1-3-11-14(10,12-4-2)13-9-7-5-6-8-9/h9H,3-8H2,1-2H3. The Morgan fingerprint density at radius 2 is 1.64 bits per heavy atom. The van der Waals surface area contributed by atoms with Gasteiger partial charge < -0.3 is 0 Å². The lowest BCUT2D eigenvalue weighted by Crippen LogP contribution is -2.09. The number of phosphoric acid groups is 1. The Bertz CT molecular complexity index is 191. The highest BCUT2D eigenvalue weighted by Gasteiger charge is 2.31. The van der Waals surface area contributed by atoms with Gasteiger partial charge in [0.05, 0.1) is 19.3 Å².